The van der Waals surface area contributed by atoms with Crippen molar-refractivity contribution < 1.29 is 23.9 Å². The fraction of sp³-hybridized carbons (Fsp3) is 0.308. The predicted octanol–water partition coefficient (Wildman–Crippen LogP) is -0.0472. The summed E-state index contributed by atoms with van der Waals surface area (Å²) in [5.74, 6) is -1.06. The van der Waals surface area contributed by atoms with Crippen molar-refractivity contribution in [2.45, 2.75) is 18.7 Å². The third-order valence-corrected chi connectivity index (χ3v) is 2.85. The lowest BCUT2D eigenvalue weighted by atomic mass is 9.99. The molecular formula is C13H14N2O5. The molecule has 1 aromatic rings. The number of nitrogens with one attached hydrogen (secondary N) is 2. The van der Waals surface area contributed by atoms with Crippen LogP contribution in [0.15, 0.2) is 30.3 Å². The van der Waals surface area contributed by atoms with Crippen molar-refractivity contribution in [3.05, 3.63) is 35.9 Å². The minimum absolute atomic E-state index is 0.0872. The SMILES string of the molecule is COC(=O)C1NC(=O)C1NC(=O)OCc1ccccc1. The Morgan fingerprint density at radius 2 is 2.00 bits per heavy atom. The summed E-state index contributed by atoms with van der Waals surface area (Å²) in [6.45, 7) is 0.0872. The molecule has 2 unspecified atom stereocenters. The van der Waals surface area contributed by atoms with Gasteiger partial charge in [-0.2, -0.15) is 0 Å². The Bertz CT molecular complexity index is 517. The van der Waals surface area contributed by atoms with Crippen molar-refractivity contribution in [1.29, 1.82) is 0 Å². The molecular weight excluding hydrogens is 264 g/mol. The summed E-state index contributed by atoms with van der Waals surface area (Å²) >= 11 is 0. The average molecular weight is 278 g/mol. The molecule has 0 aliphatic carbocycles. The number of methoxy groups -OCH3 is 1. The van der Waals surface area contributed by atoms with Crippen molar-refractivity contribution in [3.63, 3.8) is 0 Å². The molecule has 0 saturated carbocycles. The Balaban J connectivity index is 1.82. The first-order valence-electron chi connectivity index (χ1n) is 5.97. The first-order valence-corrected chi connectivity index (χ1v) is 5.97. The second-order valence-electron chi connectivity index (χ2n) is 4.19. The van der Waals surface area contributed by atoms with Gasteiger partial charge in [0.25, 0.3) is 0 Å². The number of β-lactam (4-membered cyclic amide) rings is 1. The smallest absolute Gasteiger partial charge is 0.408 e. The average Bonchev–Trinajstić information content (AvgIpc) is 2.48. The van der Waals surface area contributed by atoms with Gasteiger partial charge in [0.2, 0.25) is 5.91 Å². The van der Waals surface area contributed by atoms with Gasteiger partial charge in [0.1, 0.15) is 12.6 Å². The standard InChI is InChI=1S/C13H14N2O5/c1-19-12(17)10-9(11(16)14-10)15-13(18)20-7-8-5-3-2-4-6-8/h2-6,9-10H,7H2,1H3,(H,14,16)(H,15,18). The Labute approximate surface area is 115 Å². The second-order valence-corrected chi connectivity index (χ2v) is 4.19. The molecule has 106 valence electrons. The van der Waals surface area contributed by atoms with Crippen LogP contribution in [0, 0.1) is 0 Å². The minimum Gasteiger partial charge on any atom is -0.467 e. The number of esters is 1. The molecule has 1 aliphatic rings. The Morgan fingerprint density at radius 1 is 1.30 bits per heavy atom. The Hall–Kier alpha value is -2.57. The Morgan fingerprint density at radius 3 is 2.60 bits per heavy atom. The van der Waals surface area contributed by atoms with E-state index in [4.69, 9.17) is 4.74 Å². The lowest BCUT2D eigenvalue weighted by Crippen LogP contribution is -2.72. The Kier molecular flexibility index (Phi) is 4.19. The molecule has 2 N–H and O–H groups in total. The molecule has 1 saturated heterocycles. The highest BCUT2D eigenvalue weighted by atomic mass is 16.5. The number of hydrogen-bond donors (Lipinski definition) is 2. The minimum atomic E-state index is -0.953. The number of benzene rings is 1. The molecule has 1 heterocycles. The molecule has 20 heavy (non-hydrogen) atoms. The van der Waals surface area contributed by atoms with Crippen molar-refractivity contribution in [1.82, 2.24) is 10.6 Å². The van der Waals surface area contributed by atoms with Gasteiger partial charge < -0.3 is 20.1 Å². The zero-order valence-corrected chi connectivity index (χ0v) is 10.8. The molecule has 1 aliphatic heterocycles. The van der Waals surface area contributed by atoms with Crippen LogP contribution < -0.4 is 10.6 Å². The number of carbonyl (C=O) groups is 3. The van der Waals surface area contributed by atoms with Crippen LogP contribution in [0.3, 0.4) is 0 Å². The maximum Gasteiger partial charge on any atom is 0.408 e. The number of hydrogen-bond acceptors (Lipinski definition) is 5. The zero-order chi connectivity index (χ0) is 14.5. The number of carbonyl (C=O) groups excluding carboxylic acids is 3. The van der Waals surface area contributed by atoms with Crippen LogP contribution >= 0.6 is 0 Å². The van der Waals surface area contributed by atoms with Crippen molar-refractivity contribution >= 4 is 18.0 Å². The molecule has 0 aromatic heterocycles. The molecule has 1 fully saturated rings. The van der Waals surface area contributed by atoms with Gasteiger partial charge in [-0.05, 0) is 5.56 Å². The molecule has 2 amide bonds. The molecule has 0 bridgehead atoms. The molecule has 2 rings (SSSR count). The van der Waals surface area contributed by atoms with E-state index in [-0.39, 0.29) is 6.61 Å². The topological polar surface area (TPSA) is 93.7 Å². The lowest BCUT2D eigenvalue weighted by Gasteiger charge is -2.34. The van der Waals surface area contributed by atoms with Gasteiger partial charge in [0.15, 0.2) is 6.04 Å². The van der Waals surface area contributed by atoms with E-state index >= 15 is 0 Å². The van der Waals surface area contributed by atoms with Crippen LogP contribution in [0.1, 0.15) is 5.56 Å². The fourth-order valence-electron chi connectivity index (χ4n) is 1.74. The third kappa shape index (κ3) is 3.05. The summed E-state index contributed by atoms with van der Waals surface area (Å²) in [7, 11) is 1.21. The van der Waals surface area contributed by atoms with Crippen molar-refractivity contribution in [3.8, 4) is 0 Å². The number of amides is 2. The van der Waals surface area contributed by atoms with Gasteiger partial charge in [0.05, 0.1) is 7.11 Å². The summed E-state index contributed by atoms with van der Waals surface area (Å²) in [5.41, 5.74) is 0.824. The summed E-state index contributed by atoms with van der Waals surface area (Å²) in [4.78, 5) is 34.1. The van der Waals surface area contributed by atoms with Crippen LogP contribution in [0.25, 0.3) is 0 Å². The van der Waals surface area contributed by atoms with Gasteiger partial charge in [-0.15, -0.1) is 0 Å². The van der Waals surface area contributed by atoms with E-state index in [9.17, 15) is 14.4 Å². The highest BCUT2D eigenvalue weighted by molar-refractivity contribution is 6.01. The maximum absolute atomic E-state index is 11.6. The van der Waals surface area contributed by atoms with E-state index < -0.39 is 30.1 Å². The number of rotatable bonds is 4. The number of alkyl carbamates (subject to hydrolysis) is 1. The van der Waals surface area contributed by atoms with Crippen molar-refractivity contribution in [2.24, 2.45) is 0 Å². The quantitative estimate of drug-likeness (QED) is 0.595. The second kappa shape index (κ2) is 6.05. The normalized spacial score (nSPS) is 20.4. The molecule has 7 heteroatoms. The van der Waals surface area contributed by atoms with Crippen LogP contribution in [0.4, 0.5) is 4.79 Å². The van der Waals surface area contributed by atoms with Gasteiger partial charge >= 0.3 is 12.1 Å². The molecule has 2 atom stereocenters. The maximum atomic E-state index is 11.6. The number of ether oxygens (including phenoxy) is 2. The van der Waals surface area contributed by atoms with Crippen LogP contribution in [0.2, 0.25) is 0 Å². The lowest BCUT2D eigenvalue weighted by molar-refractivity contribution is -0.152. The van der Waals surface area contributed by atoms with E-state index in [1.54, 1.807) is 12.1 Å². The van der Waals surface area contributed by atoms with Crippen LogP contribution in [-0.4, -0.2) is 37.2 Å². The zero-order valence-electron chi connectivity index (χ0n) is 10.8. The molecule has 1 aromatic carbocycles. The van der Waals surface area contributed by atoms with E-state index in [0.717, 1.165) is 5.56 Å². The van der Waals surface area contributed by atoms with Crippen LogP contribution in [-0.2, 0) is 25.7 Å². The van der Waals surface area contributed by atoms with Crippen LogP contribution in [0.5, 0.6) is 0 Å². The van der Waals surface area contributed by atoms with Gasteiger partial charge in [0, 0.05) is 0 Å². The highest BCUT2D eigenvalue weighted by Gasteiger charge is 2.46. The highest BCUT2D eigenvalue weighted by Crippen LogP contribution is 2.09. The summed E-state index contributed by atoms with van der Waals surface area (Å²) < 4.78 is 9.46. The van der Waals surface area contributed by atoms with E-state index in [2.05, 4.69) is 15.4 Å². The molecule has 0 radical (unpaired) electrons. The van der Waals surface area contributed by atoms with E-state index in [1.807, 2.05) is 18.2 Å². The molecule has 0 spiro atoms. The van der Waals surface area contributed by atoms with Gasteiger partial charge in [-0.1, -0.05) is 30.3 Å². The summed E-state index contributed by atoms with van der Waals surface area (Å²) in [6.07, 6.45) is -0.761. The molecule has 7 nitrogen and oxygen atoms in total. The summed E-state index contributed by atoms with van der Waals surface area (Å²) in [5, 5.41) is 4.67. The van der Waals surface area contributed by atoms with Gasteiger partial charge in [-0.25, -0.2) is 9.59 Å². The first-order chi connectivity index (χ1) is 9.61. The van der Waals surface area contributed by atoms with E-state index in [1.165, 1.54) is 7.11 Å². The van der Waals surface area contributed by atoms with E-state index in [0.29, 0.717) is 0 Å². The summed E-state index contributed by atoms with van der Waals surface area (Å²) in [6, 6.07) is 7.29. The fourth-order valence-corrected chi connectivity index (χ4v) is 1.74. The largest absolute Gasteiger partial charge is 0.467 e. The first kappa shape index (κ1) is 13.9. The van der Waals surface area contributed by atoms with Crippen molar-refractivity contribution in [2.75, 3.05) is 7.11 Å². The van der Waals surface area contributed by atoms with Gasteiger partial charge in [-0.3, -0.25) is 4.79 Å². The monoisotopic (exact) mass is 278 g/mol. The predicted molar refractivity (Wildman–Crippen MR) is 67.5 cm³/mol. The third-order valence-electron chi connectivity index (χ3n) is 2.85.